The lowest BCUT2D eigenvalue weighted by molar-refractivity contribution is -0.130. The van der Waals surface area contributed by atoms with Gasteiger partial charge in [-0.05, 0) is 62.4 Å². The minimum Gasteiger partial charge on any atom is -0.444 e. The Morgan fingerprint density at radius 3 is 2.06 bits per heavy atom. The molecule has 31 heavy (non-hydrogen) atoms. The standard InChI is InChI=1S/C25H28N2O3S/c1-25(2,3)30-24(29)26-16-22(28)27-14-12-17(13-15-27)23-18-8-4-6-10-20(18)31-21-11-7-5-9-19(21)23/h4-11H,12-16H2,1-3H3,(H,26,29). The molecule has 0 spiro atoms. The fraction of sp³-hybridized carbons (Fsp3) is 0.360. The molecule has 0 radical (unpaired) electrons. The van der Waals surface area contributed by atoms with E-state index in [4.69, 9.17) is 4.74 Å². The van der Waals surface area contributed by atoms with Crippen LogP contribution in [0, 0.1) is 0 Å². The van der Waals surface area contributed by atoms with Gasteiger partial charge in [0.05, 0.1) is 0 Å². The molecule has 2 aromatic rings. The van der Waals surface area contributed by atoms with E-state index >= 15 is 0 Å². The summed E-state index contributed by atoms with van der Waals surface area (Å²) in [6, 6.07) is 17.1. The van der Waals surface area contributed by atoms with E-state index in [-0.39, 0.29) is 12.5 Å². The summed E-state index contributed by atoms with van der Waals surface area (Å²) in [6.45, 7) is 6.68. The van der Waals surface area contributed by atoms with Crippen LogP contribution in [0.4, 0.5) is 4.79 Å². The fourth-order valence-corrected chi connectivity index (χ4v) is 5.11. The second-order valence-corrected chi connectivity index (χ2v) is 9.89. The van der Waals surface area contributed by atoms with Crippen molar-refractivity contribution >= 4 is 29.3 Å². The average Bonchev–Trinajstić information content (AvgIpc) is 2.75. The van der Waals surface area contributed by atoms with Crippen molar-refractivity contribution in [3.05, 3.63) is 65.2 Å². The number of fused-ring (bicyclic) bond motifs is 2. The van der Waals surface area contributed by atoms with Crippen molar-refractivity contribution in [2.75, 3.05) is 19.6 Å². The van der Waals surface area contributed by atoms with Crippen LogP contribution in [0.2, 0.25) is 0 Å². The van der Waals surface area contributed by atoms with Crippen LogP contribution >= 0.6 is 11.8 Å². The van der Waals surface area contributed by atoms with Gasteiger partial charge in [0, 0.05) is 22.9 Å². The average molecular weight is 437 g/mol. The van der Waals surface area contributed by atoms with Crippen molar-refractivity contribution in [3.63, 3.8) is 0 Å². The molecule has 1 fully saturated rings. The zero-order valence-corrected chi connectivity index (χ0v) is 19.1. The van der Waals surface area contributed by atoms with Crippen LogP contribution in [0.3, 0.4) is 0 Å². The summed E-state index contributed by atoms with van der Waals surface area (Å²) < 4.78 is 5.21. The predicted molar refractivity (Wildman–Crippen MR) is 123 cm³/mol. The van der Waals surface area contributed by atoms with Crippen LogP contribution in [0.5, 0.6) is 0 Å². The molecule has 4 rings (SSSR count). The number of alkyl carbamates (subject to hydrolysis) is 1. The van der Waals surface area contributed by atoms with Crippen LogP contribution in [0.25, 0.3) is 5.57 Å². The Bertz CT molecular complexity index is 982. The van der Waals surface area contributed by atoms with Gasteiger partial charge in [-0.1, -0.05) is 53.7 Å². The molecule has 0 unspecified atom stereocenters. The Kier molecular flexibility index (Phi) is 6.10. The first kappa shape index (κ1) is 21.5. The molecule has 6 heteroatoms. The molecule has 2 aliphatic heterocycles. The predicted octanol–water partition coefficient (Wildman–Crippen LogP) is 5.10. The molecule has 5 nitrogen and oxygen atoms in total. The molecule has 0 aliphatic carbocycles. The summed E-state index contributed by atoms with van der Waals surface area (Å²) in [5, 5.41) is 2.57. The topological polar surface area (TPSA) is 58.6 Å². The normalized spacial score (nSPS) is 15.8. The van der Waals surface area contributed by atoms with E-state index in [2.05, 4.69) is 53.8 Å². The summed E-state index contributed by atoms with van der Waals surface area (Å²) in [5.74, 6) is -0.0742. The quantitative estimate of drug-likeness (QED) is 0.607. The van der Waals surface area contributed by atoms with E-state index in [0.717, 1.165) is 12.8 Å². The number of benzene rings is 2. The number of carbonyl (C=O) groups excluding carboxylic acids is 2. The van der Waals surface area contributed by atoms with Crippen LogP contribution in [0.15, 0.2) is 63.9 Å². The molecule has 1 N–H and O–H groups in total. The largest absolute Gasteiger partial charge is 0.444 e. The van der Waals surface area contributed by atoms with Gasteiger partial charge in [-0.25, -0.2) is 4.79 Å². The number of amides is 2. The molecule has 2 aromatic carbocycles. The molecule has 2 heterocycles. The van der Waals surface area contributed by atoms with Crippen LogP contribution < -0.4 is 5.32 Å². The molecule has 0 aromatic heterocycles. The smallest absolute Gasteiger partial charge is 0.408 e. The lowest BCUT2D eigenvalue weighted by Gasteiger charge is -2.32. The summed E-state index contributed by atoms with van der Waals surface area (Å²) in [4.78, 5) is 28.8. The number of ether oxygens (including phenoxy) is 1. The monoisotopic (exact) mass is 436 g/mol. The van der Waals surface area contributed by atoms with Gasteiger partial charge in [0.15, 0.2) is 0 Å². The molecule has 2 aliphatic rings. The van der Waals surface area contributed by atoms with Gasteiger partial charge in [0.2, 0.25) is 5.91 Å². The molecule has 2 amide bonds. The van der Waals surface area contributed by atoms with Crippen molar-refractivity contribution in [2.45, 2.75) is 49.0 Å². The summed E-state index contributed by atoms with van der Waals surface area (Å²) >= 11 is 1.82. The first-order valence-electron chi connectivity index (χ1n) is 10.6. The molecule has 0 bridgehead atoms. The first-order chi connectivity index (χ1) is 14.8. The Morgan fingerprint density at radius 1 is 0.968 bits per heavy atom. The Balaban J connectivity index is 1.46. The zero-order chi connectivity index (χ0) is 22.0. The van der Waals surface area contributed by atoms with E-state index in [0.29, 0.717) is 13.1 Å². The maximum absolute atomic E-state index is 12.6. The summed E-state index contributed by atoms with van der Waals surface area (Å²) in [6.07, 6.45) is 1.11. The second-order valence-electron chi connectivity index (χ2n) is 8.81. The Labute approximate surface area is 187 Å². The van der Waals surface area contributed by atoms with Gasteiger partial charge in [-0.15, -0.1) is 0 Å². The van der Waals surface area contributed by atoms with Gasteiger partial charge in [0.25, 0.3) is 0 Å². The SMILES string of the molecule is CC(C)(C)OC(=O)NCC(=O)N1CCC(=C2c3ccccc3Sc3ccccc32)CC1. The zero-order valence-electron chi connectivity index (χ0n) is 18.2. The number of hydrogen-bond acceptors (Lipinski definition) is 4. The Hall–Kier alpha value is -2.73. The third-order valence-corrected chi connectivity index (χ3v) is 6.54. The van der Waals surface area contributed by atoms with Crippen molar-refractivity contribution in [1.82, 2.24) is 10.2 Å². The van der Waals surface area contributed by atoms with Gasteiger partial charge in [-0.2, -0.15) is 0 Å². The first-order valence-corrected chi connectivity index (χ1v) is 11.5. The molecule has 1 saturated heterocycles. The van der Waals surface area contributed by atoms with Crippen molar-refractivity contribution in [3.8, 4) is 0 Å². The summed E-state index contributed by atoms with van der Waals surface area (Å²) in [5.41, 5.74) is 4.71. The number of piperidine rings is 1. The molecule has 162 valence electrons. The fourth-order valence-electron chi connectivity index (χ4n) is 4.02. The van der Waals surface area contributed by atoms with E-state index in [1.165, 1.54) is 32.1 Å². The highest BCUT2D eigenvalue weighted by Crippen LogP contribution is 2.47. The number of hydrogen-bond donors (Lipinski definition) is 1. The van der Waals surface area contributed by atoms with E-state index in [1.54, 1.807) is 20.8 Å². The maximum Gasteiger partial charge on any atom is 0.408 e. The van der Waals surface area contributed by atoms with E-state index < -0.39 is 11.7 Å². The third kappa shape index (κ3) is 4.96. The van der Waals surface area contributed by atoms with E-state index in [1.807, 2.05) is 16.7 Å². The van der Waals surface area contributed by atoms with Crippen molar-refractivity contribution in [2.24, 2.45) is 0 Å². The van der Waals surface area contributed by atoms with Gasteiger partial charge in [-0.3, -0.25) is 4.79 Å². The van der Waals surface area contributed by atoms with Crippen LogP contribution in [-0.4, -0.2) is 42.1 Å². The lowest BCUT2D eigenvalue weighted by atomic mass is 9.88. The van der Waals surface area contributed by atoms with E-state index in [9.17, 15) is 9.59 Å². The highest BCUT2D eigenvalue weighted by molar-refractivity contribution is 7.99. The van der Waals surface area contributed by atoms with Gasteiger partial charge in [0.1, 0.15) is 12.1 Å². The second kappa shape index (κ2) is 8.79. The Morgan fingerprint density at radius 2 is 1.52 bits per heavy atom. The highest BCUT2D eigenvalue weighted by Gasteiger charge is 2.27. The third-order valence-electron chi connectivity index (χ3n) is 5.39. The van der Waals surface area contributed by atoms with Crippen LogP contribution in [-0.2, 0) is 9.53 Å². The van der Waals surface area contributed by atoms with Crippen LogP contribution in [0.1, 0.15) is 44.7 Å². The van der Waals surface area contributed by atoms with Gasteiger partial charge >= 0.3 is 6.09 Å². The minimum absolute atomic E-state index is 0.0386. The number of carbonyl (C=O) groups is 2. The molecular weight excluding hydrogens is 408 g/mol. The molecule has 0 atom stereocenters. The molecular formula is C25H28N2O3S. The minimum atomic E-state index is -0.579. The van der Waals surface area contributed by atoms with Crippen molar-refractivity contribution < 1.29 is 14.3 Å². The number of likely N-dealkylation sites (tertiary alicyclic amines) is 1. The number of nitrogens with zero attached hydrogens (tertiary/aromatic N) is 1. The number of rotatable bonds is 2. The maximum atomic E-state index is 12.6. The molecule has 0 saturated carbocycles. The lowest BCUT2D eigenvalue weighted by Crippen LogP contribution is -2.44. The van der Waals surface area contributed by atoms with Crippen molar-refractivity contribution in [1.29, 1.82) is 0 Å². The van der Waals surface area contributed by atoms with Gasteiger partial charge < -0.3 is 15.0 Å². The summed E-state index contributed by atoms with van der Waals surface area (Å²) in [7, 11) is 0. The number of nitrogens with one attached hydrogen (secondary N) is 1. The highest BCUT2D eigenvalue weighted by atomic mass is 32.2.